The third-order valence-corrected chi connectivity index (χ3v) is 2.59. The lowest BCUT2D eigenvalue weighted by molar-refractivity contribution is -0.133. The van der Waals surface area contributed by atoms with Crippen molar-refractivity contribution in [2.75, 3.05) is 6.61 Å². The SMILES string of the molecule is O=C(OC[C@H]1OC(O)[C@H](O)[C@@H]1O)c1ccccn1. The number of ether oxygens (including phenoxy) is 2. The van der Waals surface area contributed by atoms with Crippen molar-refractivity contribution < 1.29 is 29.6 Å². The minimum atomic E-state index is -1.47. The zero-order valence-electron chi connectivity index (χ0n) is 9.34. The first-order valence-electron chi connectivity index (χ1n) is 5.37. The number of rotatable bonds is 3. The fourth-order valence-corrected chi connectivity index (χ4v) is 1.58. The van der Waals surface area contributed by atoms with Crippen LogP contribution in [0.5, 0.6) is 0 Å². The van der Waals surface area contributed by atoms with E-state index in [0.717, 1.165) is 0 Å². The lowest BCUT2D eigenvalue weighted by Crippen LogP contribution is -2.34. The van der Waals surface area contributed by atoms with Crippen LogP contribution in [0.2, 0.25) is 0 Å². The van der Waals surface area contributed by atoms with Crippen molar-refractivity contribution in [1.29, 1.82) is 0 Å². The lowest BCUT2D eigenvalue weighted by atomic mass is 10.1. The van der Waals surface area contributed by atoms with E-state index in [9.17, 15) is 15.0 Å². The normalized spacial score (nSPS) is 31.3. The summed E-state index contributed by atoms with van der Waals surface area (Å²) < 4.78 is 9.70. The second kappa shape index (κ2) is 5.40. The van der Waals surface area contributed by atoms with E-state index in [4.69, 9.17) is 14.6 Å². The van der Waals surface area contributed by atoms with Crippen LogP contribution < -0.4 is 0 Å². The van der Waals surface area contributed by atoms with E-state index in [2.05, 4.69) is 4.98 Å². The van der Waals surface area contributed by atoms with Gasteiger partial charge in [0, 0.05) is 6.20 Å². The summed E-state index contributed by atoms with van der Waals surface area (Å²) in [6.45, 7) is -0.273. The van der Waals surface area contributed by atoms with Crippen molar-refractivity contribution in [2.24, 2.45) is 0 Å². The summed E-state index contributed by atoms with van der Waals surface area (Å²) >= 11 is 0. The Hall–Kier alpha value is -1.54. The van der Waals surface area contributed by atoms with Gasteiger partial charge in [-0.25, -0.2) is 9.78 Å². The molecule has 0 aliphatic carbocycles. The van der Waals surface area contributed by atoms with Gasteiger partial charge >= 0.3 is 5.97 Å². The van der Waals surface area contributed by atoms with Gasteiger partial charge in [-0.15, -0.1) is 0 Å². The topological polar surface area (TPSA) is 109 Å². The molecule has 7 nitrogen and oxygen atoms in total. The summed E-state index contributed by atoms with van der Waals surface area (Å²) in [5.74, 6) is -0.665. The highest BCUT2D eigenvalue weighted by Gasteiger charge is 2.42. The molecule has 1 fully saturated rings. The Balaban J connectivity index is 1.88. The molecule has 7 heteroatoms. The number of carbonyl (C=O) groups is 1. The predicted octanol–water partition coefficient (Wildman–Crippen LogP) is -1.32. The molecule has 0 spiro atoms. The highest BCUT2D eigenvalue weighted by Crippen LogP contribution is 2.19. The van der Waals surface area contributed by atoms with Crippen LogP contribution in [0.1, 0.15) is 10.5 Å². The van der Waals surface area contributed by atoms with Gasteiger partial charge in [-0.3, -0.25) is 0 Å². The first-order valence-corrected chi connectivity index (χ1v) is 5.37. The van der Waals surface area contributed by atoms with Crippen molar-refractivity contribution in [2.45, 2.75) is 24.6 Å². The van der Waals surface area contributed by atoms with Crippen LogP contribution in [0.3, 0.4) is 0 Å². The second-order valence-corrected chi connectivity index (χ2v) is 3.86. The number of aliphatic hydroxyl groups is 3. The molecule has 0 amide bonds. The van der Waals surface area contributed by atoms with Crippen molar-refractivity contribution in [3.63, 3.8) is 0 Å². The van der Waals surface area contributed by atoms with Gasteiger partial charge < -0.3 is 24.8 Å². The van der Waals surface area contributed by atoms with E-state index < -0.39 is 30.6 Å². The van der Waals surface area contributed by atoms with Gasteiger partial charge in [0.05, 0.1) is 0 Å². The van der Waals surface area contributed by atoms with Crippen LogP contribution in [0.4, 0.5) is 0 Å². The molecule has 1 aromatic rings. The maximum absolute atomic E-state index is 11.5. The fraction of sp³-hybridized carbons (Fsp3) is 0.455. The Kier molecular flexibility index (Phi) is 3.87. The van der Waals surface area contributed by atoms with Crippen molar-refractivity contribution in [1.82, 2.24) is 4.98 Å². The first kappa shape index (κ1) is 12.9. The van der Waals surface area contributed by atoms with Crippen molar-refractivity contribution >= 4 is 5.97 Å². The van der Waals surface area contributed by atoms with Crippen LogP contribution in [0, 0.1) is 0 Å². The molecule has 98 valence electrons. The third-order valence-electron chi connectivity index (χ3n) is 2.59. The largest absolute Gasteiger partial charge is 0.458 e. The molecule has 1 aromatic heterocycles. The molecule has 18 heavy (non-hydrogen) atoms. The molecular formula is C11H13NO6. The highest BCUT2D eigenvalue weighted by atomic mass is 16.7. The summed E-state index contributed by atoms with van der Waals surface area (Å²) in [6.07, 6.45) is -3.67. The molecule has 1 saturated heterocycles. The Morgan fingerprint density at radius 2 is 2.11 bits per heavy atom. The molecule has 2 rings (SSSR count). The van der Waals surface area contributed by atoms with Gasteiger partial charge in [0.25, 0.3) is 0 Å². The summed E-state index contributed by atoms with van der Waals surface area (Å²) in [6, 6.07) is 4.78. The van der Waals surface area contributed by atoms with Crippen LogP contribution in [-0.2, 0) is 9.47 Å². The van der Waals surface area contributed by atoms with Crippen LogP contribution in [0.25, 0.3) is 0 Å². The number of aromatic nitrogens is 1. The van der Waals surface area contributed by atoms with Gasteiger partial charge in [-0.2, -0.15) is 0 Å². The van der Waals surface area contributed by atoms with E-state index in [-0.39, 0.29) is 12.3 Å². The standard InChI is InChI=1S/C11H13NO6/c13-8-7(18-11(16)9(8)14)5-17-10(15)6-3-1-2-4-12-6/h1-4,7-9,11,13-14,16H,5H2/t7-,8-,9-,11?/m1/s1. The van der Waals surface area contributed by atoms with E-state index in [1.807, 2.05) is 0 Å². The first-order chi connectivity index (χ1) is 8.59. The number of esters is 1. The smallest absolute Gasteiger partial charge is 0.357 e. The van der Waals surface area contributed by atoms with Crippen LogP contribution >= 0.6 is 0 Å². The quantitative estimate of drug-likeness (QED) is 0.574. The van der Waals surface area contributed by atoms with E-state index >= 15 is 0 Å². The summed E-state index contributed by atoms with van der Waals surface area (Å²) in [5, 5.41) is 27.8. The molecule has 0 saturated carbocycles. The molecule has 0 radical (unpaired) electrons. The Morgan fingerprint density at radius 3 is 2.67 bits per heavy atom. The summed E-state index contributed by atoms with van der Waals surface area (Å²) in [4.78, 5) is 15.3. The van der Waals surface area contributed by atoms with Gasteiger partial charge in [0.2, 0.25) is 0 Å². The molecule has 0 bridgehead atoms. The Labute approximate surface area is 103 Å². The van der Waals surface area contributed by atoms with Gasteiger partial charge in [-0.1, -0.05) is 6.07 Å². The van der Waals surface area contributed by atoms with Gasteiger partial charge in [-0.05, 0) is 12.1 Å². The number of nitrogens with zero attached hydrogens (tertiary/aromatic N) is 1. The van der Waals surface area contributed by atoms with Gasteiger partial charge in [0.15, 0.2) is 6.29 Å². The average Bonchev–Trinajstić information content (AvgIpc) is 2.64. The van der Waals surface area contributed by atoms with Crippen molar-refractivity contribution in [3.05, 3.63) is 30.1 Å². The molecule has 1 aliphatic heterocycles. The zero-order valence-corrected chi connectivity index (χ0v) is 9.34. The molecule has 0 aromatic carbocycles. The highest BCUT2D eigenvalue weighted by molar-refractivity contribution is 5.87. The molecule has 3 N–H and O–H groups in total. The van der Waals surface area contributed by atoms with E-state index in [1.54, 1.807) is 12.1 Å². The van der Waals surface area contributed by atoms with Crippen LogP contribution in [0.15, 0.2) is 24.4 Å². The molecule has 1 unspecified atom stereocenters. The predicted molar refractivity (Wildman–Crippen MR) is 57.4 cm³/mol. The molecular weight excluding hydrogens is 242 g/mol. The number of hydrogen-bond donors (Lipinski definition) is 3. The third kappa shape index (κ3) is 2.65. The number of carbonyl (C=O) groups excluding carboxylic acids is 1. The average molecular weight is 255 g/mol. The van der Waals surface area contributed by atoms with Gasteiger partial charge in [0.1, 0.15) is 30.6 Å². The Bertz CT molecular complexity index is 411. The Morgan fingerprint density at radius 1 is 1.33 bits per heavy atom. The minimum Gasteiger partial charge on any atom is -0.458 e. The fourth-order valence-electron chi connectivity index (χ4n) is 1.58. The number of aliphatic hydroxyl groups excluding tert-OH is 3. The number of hydrogen-bond acceptors (Lipinski definition) is 7. The monoisotopic (exact) mass is 255 g/mol. The van der Waals surface area contributed by atoms with E-state index in [1.165, 1.54) is 12.3 Å². The van der Waals surface area contributed by atoms with Crippen molar-refractivity contribution in [3.8, 4) is 0 Å². The van der Waals surface area contributed by atoms with Crippen LogP contribution in [-0.4, -0.2) is 57.5 Å². The summed E-state index contributed by atoms with van der Waals surface area (Å²) in [7, 11) is 0. The lowest BCUT2D eigenvalue weighted by Gasteiger charge is -2.13. The molecule has 2 heterocycles. The number of pyridine rings is 1. The molecule has 1 aliphatic rings. The maximum Gasteiger partial charge on any atom is 0.357 e. The zero-order chi connectivity index (χ0) is 13.1. The maximum atomic E-state index is 11.5. The summed E-state index contributed by atoms with van der Waals surface area (Å²) in [5.41, 5.74) is 0.131. The molecule has 4 atom stereocenters. The second-order valence-electron chi connectivity index (χ2n) is 3.86. The van der Waals surface area contributed by atoms with E-state index in [0.29, 0.717) is 0 Å². The minimum absolute atomic E-state index is 0.131.